The van der Waals surface area contributed by atoms with Gasteiger partial charge in [-0.15, -0.1) is 0 Å². The molecule has 1 fully saturated rings. The molecule has 1 amide bonds. The molecule has 160 valence electrons. The fourth-order valence-electron chi connectivity index (χ4n) is 2.95. The van der Waals surface area contributed by atoms with Crippen LogP contribution >= 0.6 is 22.6 Å². The summed E-state index contributed by atoms with van der Waals surface area (Å²) >= 11 is 2.13. The number of nitrogens with zero attached hydrogens (tertiary/aromatic N) is 3. The number of aromatic amines is 1. The van der Waals surface area contributed by atoms with Crippen molar-refractivity contribution < 1.29 is 24.1 Å². The normalized spacial score (nSPS) is 24.5. The molecule has 0 spiro atoms. The topological polar surface area (TPSA) is 141 Å². The molecule has 3 heterocycles. The van der Waals surface area contributed by atoms with Crippen LogP contribution in [0.2, 0.25) is 0 Å². The lowest BCUT2D eigenvalue weighted by Crippen LogP contribution is -2.35. The van der Waals surface area contributed by atoms with Crippen molar-refractivity contribution in [1.29, 1.82) is 0 Å². The summed E-state index contributed by atoms with van der Waals surface area (Å²) in [5, 5.41) is 13.2. The van der Waals surface area contributed by atoms with Crippen LogP contribution in [0.1, 0.15) is 20.1 Å². The molecule has 0 aromatic carbocycles. The molecule has 0 saturated carbocycles. The van der Waals surface area contributed by atoms with E-state index in [1.807, 2.05) is 0 Å². The van der Waals surface area contributed by atoms with Crippen LogP contribution in [0.25, 0.3) is 11.2 Å². The molecule has 11 nitrogen and oxygen atoms in total. The summed E-state index contributed by atoms with van der Waals surface area (Å²) in [5.74, 6) is -0.544. The average Bonchev–Trinajstić information content (AvgIpc) is 3.23. The number of imidazole rings is 1. The maximum Gasteiger partial charge on any atom is 0.280 e. The van der Waals surface area contributed by atoms with Gasteiger partial charge in [0.1, 0.15) is 12.2 Å². The zero-order valence-corrected chi connectivity index (χ0v) is 18.5. The van der Waals surface area contributed by atoms with E-state index < -0.39 is 30.1 Å². The largest absolute Gasteiger partial charge is 0.387 e. The lowest BCUT2D eigenvalue weighted by atomic mass is 10.1. The van der Waals surface area contributed by atoms with Gasteiger partial charge in [0.25, 0.3) is 5.56 Å². The number of halogens is 1. The molecule has 3 rings (SSSR count). The molecule has 3 N–H and O–H groups in total. The zero-order chi connectivity index (χ0) is 21.1. The SMILES string of the molecule is COCCO[C@H]1C(O)[C@@H](CI)O[C@H]1n1cnc2c(=O)[nH]c(NC(=O)C(C)C)nc21. The monoisotopic (exact) mass is 521 g/mol. The van der Waals surface area contributed by atoms with Gasteiger partial charge in [0.2, 0.25) is 11.9 Å². The van der Waals surface area contributed by atoms with Crippen LogP contribution in [0.4, 0.5) is 5.95 Å². The number of aromatic nitrogens is 4. The van der Waals surface area contributed by atoms with Gasteiger partial charge in [0, 0.05) is 17.5 Å². The van der Waals surface area contributed by atoms with Crippen molar-refractivity contribution in [3.63, 3.8) is 0 Å². The van der Waals surface area contributed by atoms with E-state index >= 15 is 0 Å². The van der Waals surface area contributed by atoms with Gasteiger partial charge < -0.3 is 19.3 Å². The Balaban J connectivity index is 1.97. The number of methoxy groups -OCH3 is 1. The Hall–Kier alpha value is -1.61. The maximum absolute atomic E-state index is 12.4. The molecular formula is C17H24IN5O6. The molecule has 0 bridgehead atoms. The molecule has 1 saturated heterocycles. The summed E-state index contributed by atoms with van der Waals surface area (Å²) in [6.07, 6.45) is -1.34. The van der Waals surface area contributed by atoms with Gasteiger partial charge in [0.15, 0.2) is 17.4 Å². The Morgan fingerprint density at radius 3 is 2.90 bits per heavy atom. The Bertz CT molecular complexity index is 915. The van der Waals surface area contributed by atoms with E-state index in [-0.39, 0.29) is 35.5 Å². The molecule has 2 aromatic rings. The van der Waals surface area contributed by atoms with E-state index in [9.17, 15) is 14.7 Å². The summed E-state index contributed by atoms with van der Waals surface area (Å²) in [4.78, 5) is 35.3. The van der Waals surface area contributed by atoms with Gasteiger partial charge in [0.05, 0.1) is 25.6 Å². The summed E-state index contributed by atoms with van der Waals surface area (Å²) < 4.78 is 18.9. The number of carbonyl (C=O) groups is 1. The highest BCUT2D eigenvalue weighted by Gasteiger charge is 2.45. The van der Waals surface area contributed by atoms with Crippen molar-refractivity contribution in [2.24, 2.45) is 5.92 Å². The third-order valence-corrected chi connectivity index (χ3v) is 5.40. The number of amides is 1. The van der Waals surface area contributed by atoms with Crippen LogP contribution in [0.3, 0.4) is 0 Å². The van der Waals surface area contributed by atoms with Crippen molar-refractivity contribution in [1.82, 2.24) is 19.5 Å². The average molecular weight is 521 g/mol. The predicted octanol–water partition coefficient (Wildman–Crippen LogP) is 0.439. The van der Waals surface area contributed by atoms with Crippen molar-refractivity contribution in [3.8, 4) is 0 Å². The smallest absolute Gasteiger partial charge is 0.280 e. The summed E-state index contributed by atoms with van der Waals surface area (Å²) in [6, 6.07) is 0. The summed E-state index contributed by atoms with van der Waals surface area (Å²) in [7, 11) is 1.56. The van der Waals surface area contributed by atoms with Crippen LogP contribution in [-0.2, 0) is 19.0 Å². The number of fused-ring (bicyclic) bond motifs is 1. The van der Waals surface area contributed by atoms with Gasteiger partial charge in [-0.3, -0.25) is 24.5 Å². The minimum atomic E-state index is -0.867. The fraction of sp³-hybridized carbons (Fsp3) is 0.647. The lowest BCUT2D eigenvalue weighted by molar-refractivity contribution is -0.118. The number of hydrogen-bond acceptors (Lipinski definition) is 8. The number of H-pyrrole nitrogens is 1. The van der Waals surface area contributed by atoms with Crippen molar-refractivity contribution in [2.75, 3.05) is 30.1 Å². The molecule has 2 aromatic heterocycles. The van der Waals surface area contributed by atoms with Crippen LogP contribution in [0.15, 0.2) is 11.1 Å². The van der Waals surface area contributed by atoms with Crippen molar-refractivity contribution in [3.05, 3.63) is 16.7 Å². The molecule has 4 atom stereocenters. The minimum Gasteiger partial charge on any atom is -0.387 e. The number of ether oxygens (including phenoxy) is 3. The van der Waals surface area contributed by atoms with E-state index in [1.165, 1.54) is 6.33 Å². The Morgan fingerprint density at radius 2 is 2.24 bits per heavy atom. The molecule has 29 heavy (non-hydrogen) atoms. The number of aliphatic hydroxyl groups excluding tert-OH is 1. The van der Waals surface area contributed by atoms with Crippen molar-refractivity contribution >= 4 is 45.6 Å². The third kappa shape index (κ3) is 4.60. The Kier molecular flexibility index (Phi) is 7.21. The fourth-order valence-corrected chi connectivity index (χ4v) is 3.68. The summed E-state index contributed by atoms with van der Waals surface area (Å²) in [5.41, 5.74) is -0.174. The minimum absolute atomic E-state index is 0.0174. The van der Waals surface area contributed by atoms with Crippen LogP contribution in [0, 0.1) is 5.92 Å². The highest BCUT2D eigenvalue weighted by atomic mass is 127. The first-order valence-electron chi connectivity index (χ1n) is 9.15. The molecule has 1 unspecified atom stereocenters. The van der Waals surface area contributed by atoms with E-state index in [4.69, 9.17) is 14.2 Å². The number of aliphatic hydroxyl groups is 1. The second-order valence-corrected chi connectivity index (χ2v) is 7.80. The molecule has 1 aliphatic heterocycles. The maximum atomic E-state index is 12.4. The van der Waals surface area contributed by atoms with E-state index in [0.29, 0.717) is 11.0 Å². The quantitative estimate of drug-likeness (QED) is 0.258. The Labute approximate surface area is 180 Å². The zero-order valence-electron chi connectivity index (χ0n) is 16.3. The molecular weight excluding hydrogens is 497 g/mol. The van der Waals surface area contributed by atoms with Gasteiger partial charge in [-0.1, -0.05) is 36.4 Å². The highest BCUT2D eigenvalue weighted by molar-refractivity contribution is 14.1. The van der Waals surface area contributed by atoms with Gasteiger partial charge >= 0.3 is 0 Å². The third-order valence-electron chi connectivity index (χ3n) is 4.54. The van der Waals surface area contributed by atoms with Crippen LogP contribution in [0.5, 0.6) is 0 Å². The molecule has 12 heteroatoms. The number of hydrogen-bond donors (Lipinski definition) is 3. The first-order valence-corrected chi connectivity index (χ1v) is 10.7. The number of rotatable bonds is 8. The standard InChI is InChI=1S/C17H24IN5O6/c1-8(2)14(25)21-17-20-13-10(15(26)22-17)19-7-23(13)16-12(28-5-4-27-3)11(24)9(6-18)29-16/h7-9,11-12,16,24H,4-6H2,1-3H3,(H2,20,21,22,25,26)/t9-,11?,12+,16-/m1/s1. The van der Waals surface area contributed by atoms with Crippen LogP contribution < -0.4 is 10.9 Å². The van der Waals surface area contributed by atoms with Gasteiger partial charge in [-0.25, -0.2) is 4.98 Å². The number of carbonyl (C=O) groups excluding carboxylic acids is 1. The molecule has 1 aliphatic rings. The first-order chi connectivity index (χ1) is 13.9. The van der Waals surface area contributed by atoms with Gasteiger partial charge in [-0.2, -0.15) is 4.98 Å². The van der Waals surface area contributed by atoms with E-state index in [1.54, 1.807) is 25.5 Å². The lowest BCUT2D eigenvalue weighted by Gasteiger charge is -2.22. The molecule has 0 aliphatic carbocycles. The Morgan fingerprint density at radius 1 is 1.48 bits per heavy atom. The predicted molar refractivity (Wildman–Crippen MR) is 112 cm³/mol. The van der Waals surface area contributed by atoms with E-state index in [2.05, 4.69) is 42.9 Å². The number of anilines is 1. The van der Waals surface area contributed by atoms with Crippen molar-refractivity contribution in [2.45, 2.75) is 38.4 Å². The second-order valence-electron chi connectivity index (χ2n) is 6.92. The highest BCUT2D eigenvalue weighted by Crippen LogP contribution is 2.34. The molecule has 0 radical (unpaired) electrons. The van der Waals surface area contributed by atoms with E-state index in [0.717, 1.165) is 0 Å². The second kappa shape index (κ2) is 9.47. The number of alkyl halides is 1. The van der Waals surface area contributed by atoms with Gasteiger partial charge in [-0.05, 0) is 0 Å². The number of nitrogens with one attached hydrogen (secondary N) is 2. The first kappa shape index (κ1) is 22.1. The van der Waals surface area contributed by atoms with Crippen LogP contribution in [-0.4, -0.2) is 73.6 Å². The summed E-state index contributed by atoms with van der Waals surface area (Å²) in [6.45, 7) is 4.09.